The first-order valence-electron chi connectivity index (χ1n) is 4.80. The molecule has 0 radical (unpaired) electrons. The van der Waals surface area contributed by atoms with Crippen molar-refractivity contribution < 1.29 is 8.42 Å². The van der Waals surface area contributed by atoms with Gasteiger partial charge < -0.3 is 0 Å². The van der Waals surface area contributed by atoms with E-state index in [4.69, 9.17) is 11.6 Å². The van der Waals surface area contributed by atoms with Crippen molar-refractivity contribution in [2.75, 3.05) is 0 Å². The molecule has 17 heavy (non-hydrogen) atoms. The third-order valence-corrected chi connectivity index (χ3v) is 4.81. The van der Waals surface area contributed by atoms with Crippen LogP contribution in [0.1, 0.15) is 5.56 Å². The van der Waals surface area contributed by atoms with Crippen molar-refractivity contribution >= 4 is 43.0 Å². The van der Waals surface area contributed by atoms with E-state index >= 15 is 0 Å². The summed E-state index contributed by atoms with van der Waals surface area (Å²) in [6, 6.07) is 5.59. The number of rotatable bonds is 4. The van der Waals surface area contributed by atoms with Gasteiger partial charge >= 0.3 is 0 Å². The molecule has 1 aromatic carbocycles. The topological polar surface area (TPSA) is 46.2 Å². The van der Waals surface area contributed by atoms with Crippen LogP contribution in [0.4, 0.5) is 0 Å². The van der Waals surface area contributed by atoms with E-state index < -0.39 is 10.0 Å². The highest BCUT2D eigenvalue weighted by atomic mass is 35.5. The molecule has 3 nitrogen and oxygen atoms in total. The minimum Gasteiger partial charge on any atom is -0.208 e. The summed E-state index contributed by atoms with van der Waals surface area (Å²) in [5.74, 6) is 0. The Balaban J connectivity index is 2.32. The summed E-state index contributed by atoms with van der Waals surface area (Å²) >= 11 is 7.55. The molecule has 90 valence electrons. The van der Waals surface area contributed by atoms with Crippen molar-refractivity contribution in [2.45, 2.75) is 6.54 Å². The standard InChI is InChI=1S/C11H10ClNO2S2/c1-2-17(14,15)13-6-8-7-16-11-9(8)4-3-5-10(11)12/h2-5,7,13H,1,6H2. The van der Waals surface area contributed by atoms with Gasteiger partial charge in [-0.3, -0.25) is 0 Å². The third-order valence-electron chi connectivity index (χ3n) is 2.32. The van der Waals surface area contributed by atoms with Crippen LogP contribution in [0.15, 0.2) is 35.6 Å². The van der Waals surface area contributed by atoms with Crippen molar-refractivity contribution in [3.05, 3.63) is 46.2 Å². The SMILES string of the molecule is C=CS(=O)(=O)NCc1csc2c(Cl)cccc12. The van der Waals surface area contributed by atoms with Crippen LogP contribution in [0.25, 0.3) is 10.1 Å². The molecule has 0 saturated heterocycles. The van der Waals surface area contributed by atoms with Gasteiger partial charge in [0.05, 0.1) is 9.72 Å². The van der Waals surface area contributed by atoms with Crippen LogP contribution in [-0.4, -0.2) is 8.42 Å². The number of hydrogen-bond acceptors (Lipinski definition) is 3. The normalized spacial score (nSPS) is 11.8. The molecule has 1 N–H and O–H groups in total. The molecule has 0 amide bonds. The lowest BCUT2D eigenvalue weighted by atomic mass is 10.2. The average Bonchev–Trinajstić information content (AvgIpc) is 2.71. The van der Waals surface area contributed by atoms with Crippen molar-refractivity contribution in [1.29, 1.82) is 0 Å². The summed E-state index contributed by atoms with van der Waals surface area (Å²) in [6.45, 7) is 3.48. The minimum atomic E-state index is -3.39. The van der Waals surface area contributed by atoms with E-state index in [0.29, 0.717) is 5.02 Å². The monoisotopic (exact) mass is 287 g/mol. The maximum Gasteiger partial charge on any atom is 0.233 e. The lowest BCUT2D eigenvalue weighted by Gasteiger charge is -2.01. The number of halogens is 1. The largest absolute Gasteiger partial charge is 0.233 e. The fourth-order valence-electron chi connectivity index (χ4n) is 1.45. The Kier molecular flexibility index (Phi) is 3.53. The zero-order chi connectivity index (χ0) is 12.5. The van der Waals surface area contributed by atoms with Crippen LogP contribution in [0, 0.1) is 0 Å². The van der Waals surface area contributed by atoms with Crippen LogP contribution in [0.5, 0.6) is 0 Å². The second kappa shape index (κ2) is 4.78. The molecule has 0 bridgehead atoms. The Hall–Kier alpha value is -0.880. The predicted octanol–water partition coefficient (Wildman–Crippen LogP) is 3.12. The van der Waals surface area contributed by atoms with E-state index in [9.17, 15) is 8.42 Å². The van der Waals surface area contributed by atoms with Gasteiger partial charge in [0, 0.05) is 12.0 Å². The van der Waals surface area contributed by atoms with Crippen LogP contribution < -0.4 is 4.72 Å². The van der Waals surface area contributed by atoms with Crippen molar-refractivity contribution in [3.8, 4) is 0 Å². The smallest absolute Gasteiger partial charge is 0.208 e. The average molecular weight is 288 g/mol. The first-order valence-corrected chi connectivity index (χ1v) is 7.60. The van der Waals surface area contributed by atoms with Gasteiger partial charge in [-0.15, -0.1) is 11.3 Å². The number of benzene rings is 1. The fourth-order valence-corrected chi connectivity index (χ4v) is 3.21. The van der Waals surface area contributed by atoms with Crippen LogP contribution in [0.2, 0.25) is 5.02 Å². The molecular weight excluding hydrogens is 278 g/mol. The Morgan fingerprint density at radius 2 is 2.24 bits per heavy atom. The third kappa shape index (κ3) is 2.69. The van der Waals surface area contributed by atoms with Crippen LogP contribution >= 0.6 is 22.9 Å². The highest BCUT2D eigenvalue weighted by Gasteiger charge is 2.09. The molecule has 2 aromatic rings. The molecule has 0 atom stereocenters. The first-order chi connectivity index (χ1) is 8.03. The molecular formula is C11H10ClNO2S2. The molecule has 0 spiro atoms. The van der Waals surface area contributed by atoms with E-state index in [1.807, 2.05) is 23.6 Å². The van der Waals surface area contributed by atoms with Gasteiger partial charge in [0.2, 0.25) is 10.0 Å². The van der Waals surface area contributed by atoms with Gasteiger partial charge in [0.25, 0.3) is 0 Å². The number of hydrogen-bond donors (Lipinski definition) is 1. The lowest BCUT2D eigenvalue weighted by Crippen LogP contribution is -2.20. The second-order valence-electron chi connectivity index (χ2n) is 3.41. The van der Waals surface area contributed by atoms with E-state index in [-0.39, 0.29) is 6.54 Å². The minimum absolute atomic E-state index is 0.245. The van der Waals surface area contributed by atoms with Crippen LogP contribution in [-0.2, 0) is 16.6 Å². The summed E-state index contributed by atoms with van der Waals surface area (Å²) in [7, 11) is -3.39. The summed E-state index contributed by atoms with van der Waals surface area (Å²) in [6.07, 6.45) is 0. The molecule has 0 saturated carbocycles. The molecule has 1 heterocycles. The molecule has 0 unspecified atom stereocenters. The van der Waals surface area contributed by atoms with Gasteiger partial charge in [-0.2, -0.15) is 0 Å². The van der Waals surface area contributed by atoms with Crippen molar-refractivity contribution in [2.24, 2.45) is 0 Å². The molecule has 1 aromatic heterocycles. The Bertz CT molecular complexity index is 661. The number of thiophene rings is 1. The predicted molar refractivity (Wildman–Crippen MR) is 72.8 cm³/mol. The summed E-state index contributed by atoms with van der Waals surface area (Å²) in [4.78, 5) is 0. The van der Waals surface area contributed by atoms with Crippen molar-refractivity contribution in [3.63, 3.8) is 0 Å². The number of fused-ring (bicyclic) bond motifs is 1. The first kappa shape index (κ1) is 12.6. The van der Waals surface area contributed by atoms with Gasteiger partial charge in [-0.1, -0.05) is 30.3 Å². The second-order valence-corrected chi connectivity index (χ2v) is 6.41. The highest BCUT2D eigenvalue weighted by molar-refractivity contribution is 7.92. The Morgan fingerprint density at radius 1 is 1.47 bits per heavy atom. The van der Waals surface area contributed by atoms with E-state index in [0.717, 1.165) is 21.1 Å². The molecule has 2 rings (SSSR count). The molecule has 0 aliphatic heterocycles. The quantitative estimate of drug-likeness (QED) is 0.939. The molecule has 0 aliphatic carbocycles. The maximum atomic E-state index is 11.2. The highest BCUT2D eigenvalue weighted by Crippen LogP contribution is 2.31. The number of nitrogens with one attached hydrogen (secondary N) is 1. The van der Waals surface area contributed by atoms with Gasteiger partial charge in [0.1, 0.15) is 0 Å². The summed E-state index contributed by atoms with van der Waals surface area (Å²) < 4.78 is 25.9. The van der Waals surface area contributed by atoms with Crippen molar-refractivity contribution in [1.82, 2.24) is 4.72 Å². The van der Waals surface area contributed by atoms with E-state index in [1.165, 1.54) is 11.3 Å². The Morgan fingerprint density at radius 3 is 2.94 bits per heavy atom. The van der Waals surface area contributed by atoms with Crippen LogP contribution in [0.3, 0.4) is 0 Å². The summed E-state index contributed by atoms with van der Waals surface area (Å²) in [5, 5.41) is 4.47. The molecule has 0 aliphatic rings. The Labute approximate surface area is 109 Å². The van der Waals surface area contributed by atoms with Gasteiger partial charge in [-0.05, 0) is 22.4 Å². The molecule has 6 heteroatoms. The number of sulfonamides is 1. The lowest BCUT2D eigenvalue weighted by molar-refractivity contribution is 0.591. The zero-order valence-corrected chi connectivity index (χ0v) is 11.2. The van der Waals surface area contributed by atoms with E-state index in [1.54, 1.807) is 0 Å². The van der Waals surface area contributed by atoms with Gasteiger partial charge in [0.15, 0.2) is 0 Å². The fraction of sp³-hybridized carbons (Fsp3) is 0.0909. The van der Waals surface area contributed by atoms with Gasteiger partial charge in [-0.25, -0.2) is 13.1 Å². The zero-order valence-electron chi connectivity index (χ0n) is 8.81. The maximum absolute atomic E-state index is 11.2. The summed E-state index contributed by atoms with van der Waals surface area (Å²) in [5.41, 5.74) is 0.915. The van der Waals surface area contributed by atoms with E-state index in [2.05, 4.69) is 11.3 Å². The molecule has 0 fully saturated rings.